The largest absolute Gasteiger partial charge is 0.454 e. The van der Waals surface area contributed by atoms with Gasteiger partial charge >= 0.3 is 0 Å². The molecule has 0 aliphatic carbocycles. The second-order valence-electron chi connectivity index (χ2n) is 4.55. The van der Waals surface area contributed by atoms with Crippen LogP contribution in [-0.2, 0) is 0 Å². The Labute approximate surface area is 95.8 Å². The molecule has 3 nitrogen and oxygen atoms in total. The summed E-state index contributed by atoms with van der Waals surface area (Å²) < 4.78 is 11.1. The Morgan fingerprint density at radius 1 is 1.19 bits per heavy atom. The van der Waals surface area contributed by atoms with Crippen molar-refractivity contribution < 1.29 is 9.47 Å². The van der Waals surface area contributed by atoms with Gasteiger partial charge in [0.2, 0.25) is 6.79 Å². The fraction of sp³-hybridized carbons (Fsp3) is 0.538. The molecule has 2 aliphatic rings. The van der Waals surface area contributed by atoms with Crippen LogP contribution in [0.3, 0.4) is 0 Å². The molecule has 0 saturated carbocycles. The van der Waals surface area contributed by atoms with Crippen molar-refractivity contribution in [1.82, 2.24) is 5.32 Å². The van der Waals surface area contributed by atoms with Gasteiger partial charge in [0.1, 0.15) is 0 Å². The maximum atomic E-state index is 5.62. The summed E-state index contributed by atoms with van der Waals surface area (Å²) in [4.78, 5) is 0. The number of piperidine rings is 1. The summed E-state index contributed by atoms with van der Waals surface area (Å²) in [7, 11) is 0. The lowest BCUT2D eigenvalue weighted by molar-refractivity contribution is 0.172. The molecular weight excluding hydrogens is 202 g/mol. The van der Waals surface area contributed by atoms with Crippen molar-refractivity contribution in [2.24, 2.45) is 0 Å². The van der Waals surface area contributed by atoms with Gasteiger partial charge in [-0.1, -0.05) is 6.07 Å². The van der Waals surface area contributed by atoms with Crippen LogP contribution < -0.4 is 14.8 Å². The number of aryl methyl sites for hydroxylation is 1. The fourth-order valence-corrected chi connectivity index (χ4v) is 2.71. The second kappa shape index (κ2) is 3.98. The van der Waals surface area contributed by atoms with Gasteiger partial charge in [-0.2, -0.15) is 0 Å². The Balaban J connectivity index is 2.01. The van der Waals surface area contributed by atoms with Crippen LogP contribution >= 0.6 is 0 Å². The maximum absolute atomic E-state index is 5.62. The van der Waals surface area contributed by atoms with Crippen molar-refractivity contribution in [1.29, 1.82) is 0 Å². The molecule has 0 amide bonds. The minimum Gasteiger partial charge on any atom is -0.454 e. The summed E-state index contributed by atoms with van der Waals surface area (Å²) >= 11 is 0. The molecule has 0 unspecified atom stereocenters. The highest BCUT2D eigenvalue weighted by atomic mass is 16.7. The zero-order chi connectivity index (χ0) is 11.0. The number of rotatable bonds is 1. The van der Waals surface area contributed by atoms with Crippen molar-refractivity contribution in [3.8, 4) is 11.5 Å². The summed E-state index contributed by atoms with van der Waals surface area (Å²) in [5.74, 6) is 2.53. The van der Waals surface area contributed by atoms with Gasteiger partial charge in [-0.3, -0.25) is 0 Å². The standard InChI is InChI=1S/C13H17NO2/c1-9-2-3-11-13(16-8-15-11)12(9)10-4-6-14-7-5-10/h2-3,10,14H,4-8H2,1H3. The van der Waals surface area contributed by atoms with Crippen molar-refractivity contribution >= 4 is 0 Å². The summed E-state index contributed by atoms with van der Waals surface area (Å²) in [5.41, 5.74) is 2.70. The Hall–Kier alpha value is -1.22. The van der Waals surface area contributed by atoms with Gasteiger partial charge in [0.25, 0.3) is 0 Å². The van der Waals surface area contributed by atoms with Crippen molar-refractivity contribution in [3.63, 3.8) is 0 Å². The van der Waals surface area contributed by atoms with E-state index in [1.807, 2.05) is 6.07 Å². The molecule has 0 aromatic heterocycles. The molecule has 86 valence electrons. The minimum atomic E-state index is 0.372. The fourth-order valence-electron chi connectivity index (χ4n) is 2.71. The highest BCUT2D eigenvalue weighted by molar-refractivity contribution is 5.53. The molecule has 0 bridgehead atoms. The lowest BCUT2D eigenvalue weighted by Crippen LogP contribution is -2.27. The number of hydrogen-bond donors (Lipinski definition) is 1. The Bertz CT molecular complexity index is 397. The molecule has 1 aromatic carbocycles. The molecule has 3 rings (SSSR count). The molecule has 0 atom stereocenters. The lowest BCUT2D eigenvalue weighted by atomic mass is 9.86. The van der Waals surface area contributed by atoms with Crippen LogP contribution in [0.1, 0.15) is 29.9 Å². The molecule has 0 radical (unpaired) electrons. The summed E-state index contributed by atoms with van der Waals surface area (Å²) in [6.45, 7) is 4.75. The first-order valence-electron chi connectivity index (χ1n) is 5.96. The number of nitrogens with one attached hydrogen (secondary N) is 1. The van der Waals surface area contributed by atoms with E-state index in [2.05, 4.69) is 18.3 Å². The smallest absolute Gasteiger partial charge is 0.231 e. The lowest BCUT2D eigenvalue weighted by Gasteiger charge is -2.25. The predicted octanol–water partition coefficient (Wildman–Crippen LogP) is 2.19. The van der Waals surface area contributed by atoms with E-state index in [1.54, 1.807) is 0 Å². The monoisotopic (exact) mass is 219 g/mol. The second-order valence-corrected chi connectivity index (χ2v) is 4.55. The normalized spacial score (nSPS) is 20.1. The van der Waals surface area contributed by atoms with Crippen LogP contribution in [0, 0.1) is 6.92 Å². The van der Waals surface area contributed by atoms with E-state index in [1.165, 1.54) is 24.0 Å². The molecule has 1 aromatic rings. The van der Waals surface area contributed by atoms with Gasteiger partial charge in [0, 0.05) is 5.56 Å². The number of ether oxygens (including phenoxy) is 2. The zero-order valence-corrected chi connectivity index (χ0v) is 9.58. The van der Waals surface area contributed by atoms with E-state index in [0.717, 1.165) is 24.6 Å². The average Bonchev–Trinajstić information content (AvgIpc) is 2.78. The molecule has 2 aliphatic heterocycles. The Kier molecular flexibility index (Phi) is 2.48. The van der Waals surface area contributed by atoms with E-state index in [0.29, 0.717) is 12.7 Å². The first kappa shape index (κ1) is 9.97. The highest BCUT2D eigenvalue weighted by Gasteiger charge is 2.26. The molecule has 3 heteroatoms. The minimum absolute atomic E-state index is 0.372. The molecule has 0 spiro atoms. The summed E-state index contributed by atoms with van der Waals surface area (Å²) in [6.07, 6.45) is 2.39. The zero-order valence-electron chi connectivity index (χ0n) is 9.58. The first-order valence-corrected chi connectivity index (χ1v) is 5.96. The Morgan fingerprint density at radius 3 is 2.81 bits per heavy atom. The third kappa shape index (κ3) is 1.55. The molecule has 1 saturated heterocycles. The SMILES string of the molecule is Cc1ccc2c(c1C1CCNCC1)OCO2. The number of hydrogen-bond acceptors (Lipinski definition) is 3. The van der Waals surface area contributed by atoms with Crippen molar-refractivity contribution in [3.05, 3.63) is 23.3 Å². The van der Waals surface area contributed by atoms with Gasteiger partial charge in [0.05, 0.1) is 0 Å². The van der Waals surface area contributed by atoms with Gasteiger partial charge in [-0.15, -0.1) is 0 Å². The van der Waals surface area contributed by atoms with E-state index >= 15 is 0 Å². The van der Waals surface area contributed by atoms with Crippen molar-refractivity contribution in [2.75, 3.05) is 19.9 Å². The molecule has 2 heterocycles. The van der Waals surface area contributed by atoms with Crippen LogP contribution in [0.2, 0.25) is 0 Å². The van der Waals surface area contributed by atoms with Gasteiger partial charge in [-0.05, 0) is 50.4 Å². The van der Waals surface area contributed by atoms with E-state index in [9.17, 15) is 0 Å². The molecular formula is C13H17NO2. The highest BCUT2D eigenvalue weighted by Crippen LogP contribution is 2.43. The average molecular weight is 219 g/mol. The van der Waals surface area contributed by atoms with Crippen LogP contribution in [0.4, 0.5) is 0 Å². The molecule has 16 heavy (non-hydrogen) atoms. The van der Waals surface area contributed by atoms with Crippen LogP contribution in [0.5, 0.6) is 11.5 Å². The van der Waals surface area contributed by atoms with Crippen LogP contribution in [-0.4, -0.2) is 19.9 Å². The summed E-state index contributed by atoms with van der Waals surface area (Å²) in [5, 5.41) is 3.40. The quantitative estimate of drug-likeness (QED) is 0.785. The Morgan fingerprint density at radius 2 is 2.00 bits per heavy atom. The molecule has 1 N–H and O–H groups in total. The third-order valence-electron chi connectivity index (χ3n) is 3.54. The van der Waals surface area contributed by atoms with Gasteiger partial charge in [-0.25, -0.2) is 0 Å². The van der Waals surface area contributed by atoms with E-state index < -0.39 is 0 Å². The number of benzene rings is 1. The van der Waals surface area contributed by atoms with Crippen LogP contribution in [0.25, 0.3) is 0 Å². The summed E-state index contributed by atoms with van der Waals surface area (Å²) in [6, 6.07) is 4.16. The predicted molar refractivity (Wildman–Crippen MR) is 62.1 cm³/mol. The topological polar surface area (TPSA) is 30.5 Å². The molecule has 1 fully saturated rings. The maximum Gasteiger partial charge on any atom is 0.231 e. The third-order valence-corrected chi connectivity index (χ3v) is 3.54. The van der Waals surface area contributed by atoms with Gasteiger partial charge < -0.3 is 14.8 Å². The van der Waals surface area contributed by atoms with E-state index in [-0.39, 0.29) is 0 Å². The number of fused-ring (bicyclic) bond motifs is 1. The van der Waals surface area contributed by atoms with Crippen LogP contribution in [0.15, 0.2) is 12.1 Å². The van der Waals surface area contributed by atoms with Crippen molar-refractivity contribution in [2.45, 2.75) is 25.7 Å². The van der Waals surface area contributed by atoms with E-state index in [4.69, 9.17) is 9.47 Å². The van der Waals surface area contributed by atoms with Gasteiger partial charge in [0.15, 0.2) is 11.5 Å². The first-order chi connectivity index (χ1) is 7.86.